The van der Waals surface area contributed by atoms with Gasteiger partial charge in [0.15, 0.2) is 0 Å². The van der Waals surface area contributed by atoms with E-state index in [-0.39, 0.29) is 6.42 Å². The molecule has 0 aliphatic rings. The lowest BCUT2D eigenvalue weighted by atomic mass is 10.2. The Morgan fingerprint density at radius 1 is 1.00 bits per heavy atom. The Morgan fingerprint density at radius 2 is 1.60 bits per heavy atom. The van der Waals surface area contributed by atoms with Crippen molar-refractivity contribution in [1.29, 1.82) is 0 Å². The highest BCUT2D eigenvalue weighted by Gasteiger charge is 2.25. The van der Waals surface area contributed by atoms with Crippen LogP contribution in [-0.2, 0) is 6.54 Å². The molecule has 0 amide bonds. The zero-order valence-corrected chi connectivity index (χ0v) is 11.7. The molecule has 114 valence electrons. The second-order valence-electron chi connectivity index (χ2n) is 4.47. The Balaban J connectivity index is 2.31. The van der Waals surface area contributed by atoms with Crippen LogP contribution in [-0.4, -0.2) is 26.9 Å². The van der Waals surface area contributed by atoms with Gasteiger partial charge in [0.1, 0.15) is 11.5 Å². The molecule has 0 saturated heterocycles. The van der Waals surface area contributed by atoms with E-state index < -0.39 is 12.6 Å². The molecule has 6 heteroatoms. The van der Waals surface area contributed by atoms with Gasteiger partial charge in [-0.2, -0.15) is 13.2 Å². The Labute approximate surface area is 117 Å². The molecular formula is C14H20F3NO2. The number of methoxy groups -OCH3 is 2. The van der Waals surface area contributed by atoms with Crippen LogP contribution in [0.5, 0.6) is 11.5 Å². The van der Waals surface area contributed by atoms with E-state index >= 15 is 0 Å². The van der Waals surface area contributed by atoms with Gasteiger partial charge in [-0.15, -0.1) is 0 Å². The lowest BCUT2D eigenvalue weighted by molar-refractivity contribution is -0.135. The first-order chi connectivity index (χ1) is 9.44. The average molecular weight is 291 g/mol. The van der Waals surface area contributed by atoms with Gasteiger partial charge in [0.25, 0.3) is 0 Å². The van der Waals surface area contributed by atoms with Crippen LogP contribution in [0.1, 0.15) is 24.8 Å². The smallest absolute Gasteiger partial charge is 0.389 e. The number of unbranched alkanes of at least 4 members (excludes halogenated alkanes) is 1. The van der Waals surface area contributed by atoms with Gasteiger partial charge >= 0.3 is 6.18 Å². The van der Waals surface area contributed by atoms with Gasteiger partial charge < -0.3 is 14.8 Å². The number of rotatable bonds is 8. The third-order valence-corrected chi connectivity index (χ3v) is 2.80. The predicted octanol–water partition coefficient (Wildman–Crippen LogP) is 3.53. The Hall–Kier alpha value is -1.43. The maximum atomic E-state index is 11.9. The molecule has 1 aromatic carbocycles. The van der Waals surface area contributed by atoms with Crippen molar-refractivity contribution >= 4 is 0 Å². The number of halogens is 3. The maximum Gasteiger partial charge on any atom is 0.389 e. The van der Waals surface area contributed by atoms with E-state index in [9.17, 15) is 13.2 Å². The molecule has 0 saturated carbocycles. The summed E-state index contributed by atoms with van der Waals surface area (Å²) in [5.74, 6) is 1.39. The van der Waals surface area contributed by atoms with Crippen molar-refractivity contribution < 1.29 is 22.6 Å². The molecule has 0 spiro atoms. The van der Waals surface area contributed by atoms with Crippen molar-refractivity contribution in [2.24, 2.45) is 0 Å². The van der Waals surface area contributed by atoms with E-state index in [1.807, 2.05) is 12.1 Å². The van der Waals surface area contributed by atoms with Crippen LogP contribution in [0.15, 0.2) is 18.2 Å². The number of alkyl halides is 3. The minimum atomic E-state index is -4.06. The van der Waals surface area contributed by atoms with Gasteiger partial charge in [-0.1, -0.05) is 0 Å². The van der Waals surface area contributed by atoms with Crippen molar-refractivity contribution in [3.05, 3.63) is 23.8 Å². The molecule has 20 heavy (non-hydrogen) atoms. The van der Waals surface area contributed by atoms with E-state index in [2.05, 4.69) is 5.32 Å². The summed E-state index contributed by atoms with van der Waals surface area (Å²) in [5, 5.41) is 3.11. The standard InChI is InChI=1S/C14H20F3NO2/c1-19-12-7-11(8-13(9-12)20-2)10-18-6-4-3-5-14(15,16)17/h7-9,18H,3-6,10H2,1-2H3. The Kier molecular flexibility index (Phi) is 6.64. The lowest BCUT2D eigenvalue weighted by Crippen LogP contribution is -2.16. The summed E-state index contributed by atoms with van der Waals surface area (Å²) in [5.41, 5.74) is 0.969. The quantitative estimate of drug-likeness (QED) is 0.743. The molecule has 0 aromatic heterocycles. The summed E-state index contributed by atoms with van der Waals surface area (Å²) in [7, 11) is 3.15. The van der Waals surface area contributed by atoms with Crippen LogP contribution < -0.4 is 14.8 Å². The maximum absolute atomic E-state index is 11.9. The van der Waals surface area contributed by atoms with Crippen LogP contribution in [0.3, 0.4) is 0 Å². The first-order valence-electron chi connectivity index (χ1n) is 6.44. The zero-order chi connectivity index (χ0) is 15.0. The molecule has 0 aliphatic heterocycles. The first kappa shape index (κ1) is 16.6. The fourth-order valence-electron chi connectivity index (χ4n) is 1.78. The van der Waals surface area contributed by atoms with Crippen molar-refractivity contribution in [2.45, 2.75) is 32.0 Å². The molecule has 0 aliphatic carbocycles. The van der Waals surface area contributed by atoms with Crippen LogP contribution in [0, 0.1) is 0 Å². The molecule has 0 bridgehead atoms. The topological polar surface area (TPSA) is 30.5 Å². The molecule has 3 nitrogen and oxygen atoms in total. The molecule has 1 rings (SSSR count). The molecule has 0 radical (unpaired) electrons. The van der Waals surface area contributed by atoms with E-state index in [0.29, 0.717) is 31.0 Å². The summed E-state index contributed by atoms with van der Waals surface area (Å²) in [4.78, 5) is 0. The van der Waals surface area contributed by atoms with Crippen LogP contribution in [0.4, 0.5) is 13.2 Å². The summed E-state index contributed by atoms with van der Waals surface area (Å²) in [6.07, 6.45) is -4.12. The van der Waals surface area contributed by atoms with Crippen LogP contribution in [0.25, 0.3) is 0 Å². The highest BCUT2D eigenvalue weighted by atomic mass is 19.4. The second-order valence-corrected chi connectivity index (χ2v) is 4.47. The van der Waals surface area contributed by atoms with E-state index in [1.165, 1.54) is 0 Å². The number of nitrogens with one attached hydrogen (secondary N) is 1. The number of hydrogen-bond donors (Lipinski definition) is 1. The summed E-state index contributed by atoms with van der Waals surface area (Å²) in [6, 6.07) is 5.50. The van der Waals surface area contributed by atoms with Gasteiger partial charge in [0, 0.05) is 19.0 Å². The van der Waals surface area contributed by atoms with E-state index in [4.69, 9.17) is 9.47 Å². The molecule has 0 unspecified atom stereocenters. The molecule has 1 N–H and O–H groups in total. The Bertz CT molecular complexity index is 386. The van der Waals surface area contributed by atoms with Gasteiger partial charge in [-0.05, 0) is 37.1 Å². The summed E-state index contributed by atoms with van der Waals surface area (Å²) >= 11 is 0. The third-order valence-electron chi connectivity index (χ3n) is 2.80. The number of ether oxygens (including phenoxy) is 2. The monoisotopic (exact) mass is 291 g/mol. The van der Waals surface area contributed by atoms with Crippen LogP contribution >= 0.6 is 0 Å². The second kappa shape index (κ2) is 7.99. The largest absolute Gasteiger partial charge is 0.497 e. The van der Waals surface area contributed by atoms with Crippen molar-refractivity contribution in [2.75, 3.05) is 20.8 Å². The molecule has 0 heterocycles. The fraction of sp³-hybridized carbons (Fsp3) is 0.571. The van der Waals surface area contributed by atoms with Gasteiger partial charge in [0.05, 0.1) is 14.2 Å². The molecule has 0 atom stereocenters. The van der Waals surface area contributed by atoms with Gasteiger partial charge in [-0.25, -0.2) is 0 Å². The highest BCUT2D eigenvalue weighted by Crippen LogP contribution is 2.23. The van der Waals surface area contributed by atoms with E-state index in [0.717, 1.165) is 5.56 Å². The minimum Gasteiger partial charge on any atom is -0.497 e. The molecule has 1 aromatic rings. The normalized spacial score (nSPS) is 11.4. The minimum absolute atomic E-state index is 0.151. The van der Waals surface area contributed by atoms with Crippen molar-refractivity contribution in [1.82, 2.24) is 5.32 Å². The number of benzene rings is 1. The van der Waals surface area contributed by atoms with Gasteiger partial charge in [-0.3, -0.25) is 0 Å². The average Bonchev–Trinajstić information content (AvgIpc) is 2.41. The lowest BCUT2D eigenvalue weighted by Gasteiger charge is -2.10. The number of hydrogen-bond acceptors (Lipinski definition) is 3. The van der Waals surface area contributed by atoms with Gasteiger partial charge in [0.2, 0.25) is 0 Å². The van der Waals surface area contributed by atoms with Crippen LogP contribution in [0.2, 0.25) is 0 Å². The highest BCUT2D eigenvalue weighted by molar-refractivity contribution is 5.38. The molecular weight excluding hydrogens is 271 g/mol. The zero-order valence-electron chi connectivity index (χ0n) is 11.7. The first-order valence-corrected chi connectivity index (χ1v) is 6.44. The summed E-state index contributed by atoms with van der Waals surface area (Å²) < 4.78 is 46.1. The summed E-state index contributed by atoms with van der Waals surface area (Å²) in [6.45, 7) is 1.12. The third kappa shape index (κ3) is 6.65. The van der Waals surface area contributed by atoms with Crippen molar-refractivity contribution in [3.63, 3.8) is 0 Å². The fourth-order valence-corrected chi connectivity index (χ4v) is 1.78. The molecule has 0 fully saturated rings. The Morgan fingerprint density at radius 3 is 2.10 bits per heavy atom. The SMILES string of the molecule is COc1cc(CNCCCCC(F)(F)F)cc(OC)c1. The predicted molar refractivity (Wildman–Crippen MR) is 71.2 cm³/mol. The van der Waals surface area contributed by atoms with Crippen molar-refractivity contribution in [3.8, 4) is 11.5 Å². The van der Waals surface area contributed by atoms with E-state index in [1.54, 1.807) is 20.3 Å².